The van der Waals surface area contributed by atoms with Gasteiger partial charge in [-0.15, -0.1) is 0 Å². The normalized spacial score (nSPS) is 13.4. The SMILES string of the molecule is CC1(C)c2ccccc2-c2c1ccc1c2c2c3ccccc3c(-n3c4ccccc4c4ccccc43)cc2n1-c1nc(-c2ccccc2)nc2ccccc12. The van der Waals surface area contributed by atoms with Crippen molar-refractivity contribution in [2.24, 2.45) is 0 Å². The standard InChI is InChI=1S/C51H34N4/c1-51(2)38-24-12-8-22-36(38)46-39(51)28-29-43-48(46)47-35-21-7-6-20-34(35)44(54-41-26-14-10-18-32(41)33-19-11-15-27-42(33)54)30-45(47)55(43)50-37-23-9-13-25-40(37)52-49(53-50)31-16-4-3-5-17-31/h3-30H,1-2H3. The molecule has 0 N–H and O–H groups in total. The van der Waals surface area contributed by atoms with Gasteiger partial charge in [-0.2, -0.15) is 0 Å². The van der Waals surface area contributed by atoms with Gasteiger partial charge in [-0.3, -0.25) is 4.57 Å². The van der Waals surface area contributed by atoms with Gasteiger partial charge in [0.25, 0.3) is 0 Å². The Morgan fingerprint density at radius 3 is 1.82 bits per heavy atom. The Bertz CT molecular complexity index is 3350. The van der Waals surface area contributed by atoms with Gasteiger partial charge in [-0.25, -0.2) is 9.97 Å². The first-order chi connectivity index (χ1) is 27.1. The van der Waals surface area contributed by atoms with E-state index in [2.05, 4.69) is 187 Å². The molecule has 8 aromatic carbocycles. The predicted molar refractivity (Wildman–Crippen MR) is 229 cm³/mol. The van der Waals surface area contributed by atoms with Gasteiger partial charge < -0.3 is 4.57 Å². The van der Waals surface area contributed by atoms with E-state index in [9.17, 15) is 0 Å². The maximum atomic E-state index is 5.50. The number of hydrogen-bond acceptors (Lipinski definition) is 2. The third-order valence-electron chi connectivity index (χ3n) is 12.1. The van der Waals surface area contributed by atoms with Crippen molar-refractivity contribution in [3.8, 4) is 34.0 Å². The summed E-state index contributed by atoms with van der Waals surface area (Å²) in [6.07, 6.45) is 0. The molecule has 4 nitrogen and oxygen atoms in total. The Morgan fingerprint density at radius 2 is 1.05 bits per heavy atom. The summed E-state index contributed by atoms with van der Waals surface area (Å²) in [5.41, 5.74) is 12.9. The number of nitrogens with zero attached hydrogens (tertiary/aromatic N) is 4. The highest BCUT2D eigenvalue weighted by Crippen LogP contribution is 2.54. The molecule has 1 aliphatic rings. The van der Waals surface area contributed by atoms with Gasteiger partial charge in [0.15, 0.2) is 5.82 Å². The van der Waals surface area contributed by atoms with Crippen molar-refractivity contribution in [3.05, 3.63) is 181 Å². The molecule has 258 valence electrons. The highest BCUT2D eigenvalue weighted by molar-refractivity contribution is 6.28. The largest absolute Gasteiger partial charge is 0.309 e. The first-order valence-corrected chi connectivity index (χ1v) is 19.0. The maximum Gasteiger partial charge on any atom is 0.162 e. The fourth-order valence-corrected chi connectivity index (χ4v) is 9.68. The third-order valence-corrected chi connectivity index (χ3v) is 12.1. The fourth-order valence-electron chi connectivity index (χ4n) is 9.68. The summed E-state index contributed by atoms with van der Waals surface area (Å²) in [6.45, 7) is 4.73. The van der Waals surface area contributed by atoms with E-state index in [0.717, 1.165) is 39.0 Å². The molecule has 1 aliphatic carbocycles. The zero-order valence-electron chi connectivity index (χ0n) is 30.5. The molecule has 0 unspecified atom stereocenters. The zero-order valence-corrected chi connectivity index (χ0v) is 30.5. The van der Waals surface area contributed by atoms with Crippen LogP contribution in [0.15, 0.2) is 170 Å². The Labute approximate surface area is 317 Å². The number of hydrogen-bond donors (Lipinski definition) is 0. The average molecular weight is 703 g/mol. The molecule has 3 heterocycles. The quantitative estimate of drug-likeness (QED) is 0.184. The van der Waals surface area contributed by atoms with E-state index in [-0.39, 0.29) is 5.41 Å². The molecule has 0 spiro atoms. The molecular weight excluding hydrogens is 669 g/mol. The van der Waals surface area contributed by atoms with Crippen molar-refractivity contribution < 1.29 is 0 Å². The summed E-state index contributed by atoms with van der Waals surface area (Å²) in [5.74, 6) is 1.58. The van der Waals surface area contributed by atoms with E-state index < -0.39 is 0 Å². The average Bonchev–Trinajstić information content (AvgIpc) is 3.83. The van der Waals surface area contributed by atoms with E-state index in [1.165, 1.54) is 65.6 Å². The van der Waals surface area contributed by atoms with Crippen LogP contribution in [-0.4, -0.2) is 19.1 Å². The number of benzene rings is 8. The molecule has 0 fully saturated rings. The predicted octanol–water partition coefficient (Wildman–Crippen LogP) is 13.0. The van der Waals surface area contributed by atoms with Crippen LogP contribution in [0.5, 0.6) is 0 Å². The molecule has 4 heteroatoms. The summed E-state index contributed by atoms with van der Waals surface area (Å²) >= 11 is 0. The molecule has 0 saturated carbocycles. The van der Waals surface area contributed by atoms with Crippen LogP contribution in [0, 0.1) is 0 Å². The lowest BCUT2D eigenvalue weighted by atomic mass is 9.82. The van der Waals surface area contributed by atoms with Crippen molar-refractivity contribution in [1.82, 2.24) is 19.1 Å². The van der Waals surface area contributed by atoms with Crippen LogP contribution in [0.1, 0.15) is 25.0 Å². The van der Waals surface area contributed by atoms with Crippen LogP contribution in [0.3, 0.4) is 0 Å². The van der Waals surface area contributed by atoms with Crippen molar-refractivity contribution in [3.63, 3.8) is 0 Å². The molecule has 0 atom stereocenters. The van der Waals surface area contributed by atoms with Crippen molar-refractivity contribution in [1.29, 1.82) is 0 Å². The first kappa shape index (κ1) is 30.4. The van der Waals surface area contributed by atoms with E-state index in [4.69, 9.17) is 9.97 Å². The minimum Gasteiger partial charge on any atom is -0.309 e. The molecule has 0 amide bonds. The summed E-state index contributed by atoms with van der Waals surface area (Å²) in [7, 11) is 0. The van der Waals surface area contributed by atoms with Crippen LogP contribution >= 0.6 is 0 Å². The van der Waals surface area contributed by atoms with Crippen LogP contribution < -0.4 is 0 Å². The number of para-hydroxylation sites is 3. The second-order valence-electron chi connectivity index (χ2n) is 15.3. The summed E-state index contributed by atoms with van der Waals surface area (Å²) in [4.78, 5) is 10.6. The van der Waals surface area contributed by atoms with Crippen LogP contribution in [0.4, 0.5) is 0 Å². The molecule has 0 bridgehead atoms. The second-order valence-corrected chi connectivity index (χ2v) is 15.3. The Kier molecular flexibility index (Phi) is 6.09. The number of fused-ring (bicyclic) bond motifs is 13. The van der Waals surface area contributed by atoms with Crippen LogP contribution in [-0.2, 0) is 5.41 Å². The molecule has 0 aliphatic heterocycles. The van der Waals surface area contributed by atoms with Gasteiger partial charge in [0.05, 0.1) is 33.3 Å². The fraction of sp³-hybridized carbons (Fsp3) is 0.0588. The van der Waals surface area contributed by atoms with Crippen molar-refractivity contribution in [2.75, 3.05) is 0 Å². The molecule has 0 saturated heterocycles. The molecule has 55 heavy (non-hydrogen) atoms. The maximum absolute atomic E-state index is 5.50. The lowest BCUT2D eigenvalue weighted by molar-refractivity contribution is 0.661. The highest BCUT2D eigenvalue weighted by Gasteiger charge is 2.38. The van der Waals surface area contributed by atoms with Crippen molar-refractivity contribution >= 4 is 65.3 Å². The van der Waals surface area contributed by atoms with Gasteiger partial charge in [-0.1, -0.05) is 147 Å². The van der Waals surface area contributed by atoms with E-state index >= 15 is 0 Å². The topological polar surface area (TPSA) is 35.6 Å². The second kappa shape index (κ2) is 11.0. The highest BCUT2D eigenvalue weighted by atomic mass is 15.1. The van der Waals surface area contributed by atoms with Gasteiger partial charge in [0.2, 0.25) is 0 Å². The molecule has 0 radical (unpaired) electrons. The first-order valence-electron chi connectivity index (χ1n) is 19.0. The Balaban J connectivity index is 1.33. The summed E-state index contributed by atoms with van der Waals surface area (Å²) in [5, 5.41) is 8.43. The lowest BCUT2D eigenvalue weighted by Gasteiger charge is -2.21. The molecule has 11 aromatic rings. The Hall–Kier alpha value is -7.04. The van der Waals surface area contributed by atoms with Crippen molar-refractivity contribution in [2.45, 2.75) is 19.3 Å². The molecular formula is C51H34N4. The van der Waals surface area contributed by atoms with Gasteiger partial charge in [0, 0.05) is 43.3 Å². The van der Waals surface area contributed by atoms with Crippen LogP contribution in [0.25, 0.3) is 99.3 Å². The van der Waals surface area contributed by atoms with E-state index in [1.54, 1.807) is 0 Å². The van der Waals surface area contributed by atoms with E-state index in [0.29, 0.717) is 5.82 Å². The van der Waals surface area contributed by atoms with Gasteiger partial charge in [0.1, 0.15) is 5.82 Å². The minimum absolute atomic E-state index is 0.144. The monoisotopic (exact) mass is 702 g/mol. The van der Waals surface area contributed by atoms with Gasteiger partial charge >= 0.3 is 0 Å². The number of aromatic nitrogens is 4. The third kappa shape index (κ3) is 4.06. The smallest absolute Gasteiger partial charge is 0.162 e. The summed E-state index contributed by atoms with van der Waals surface area (Å²) < 4.78 is 4.89. The summed E-state index contributed by atoms with van der Waals surface area (Å²) in [6, 6.07) is 61.5. The molecule has 12 rings (SSSR count). The Morgan fingerprint density at radius 1 is 0.436 bits per heavy atom. The number of rotatable bonds is 3. The zero-order chi connectivity index (χ0) is 36.4. The van der Waals surface area contributed by atoms with Gasteiger partial charge in [-0.05, 0) is 64.0 Å². The minimum atomic E-state index is -0.144. The van der Waals surface area contributed by atoms with E-state index in [1.807, 2.05) is 6.07 Å². The lowest BCUT2D eigenvalue weighted by Crippen LogP contribution is -2.14. The van der Waals surface area contributed by atoms with Crippen LogP contribution in [0.2, 0.25) is 0 Å². The molecule has 3 aromatic heterocycles.